The normalized spacial score (nSPS) is 18.0. The van der Waals surface area contributed by atoms with Gasteiger partial charge in [-0.2, -0.15) is 0 Å². The Kier molecular flexibility index (Phi) is 5.79. The van der Waals surface area contributed by atoms with E-state index in [0.717, 1.165) is 13.1 Å². The molecule has 0 atom stereocenters. The van der Waals surface area contributed by atoms with Gasteiger partial charge in [-0.25, -0.2) is 4.98 Å². The van der Waals surface area contributed by atoms with Crippen LogP contribution in [0.15, 0.2) is 35.8 Å². The monoisotopic (exact) mass is 420 g/mol. The number of likely N-dealkylation sites (tertiary alicyclic amines) is 1. The Bertz CT molecular complexity index is 833. The van der Waals surface area contributed by atoms with E-state index in [2.05, 4.69) is 9.88 Å². The number of carbonyl (C=O) groups excluding carboxylic acids is 2. The quantitative estimate of drug-likeness (QED) is 0.738. The highest BCUT2D eigenvalue weighted by molar-refractivity contribution is 7.11. The van der Waals surface area contributed by atoms with Gasteiger partial charge in [-0.15, -0.1) is 11.3 Å². The van der Waals surface area contributed by atoms with E-state index < -0.39 is 0 Å². The Morgan fingerprint density at radius 3 is 2.64 bits per heavy atom. The average Bonchev–Trinajstić information content (AvgIpc) is 3.20. The highest BCUT2D eigenvalue weighted by Gasteiger charge is 2.36. The molecule has 0 N–H and O–H groups in total. The summed E-state index contributed by atoms with van der Waals surface area (Å²) >= 11 is 7.29. The van der Waals surface area contributed by atoms with Gasteiger partial charge in [0.05, 0.1) is 0 Å². The van der Waals surface area contributed by atoms with Crippen molar-refractivity contribution in [2.45, 2.75) is 6.04 Å². The van der Waals surface area contributed by atoms with Gasteiger partial charge in [0.15, 0.2) is 11.6 Å². The first-order chi connectivity index (χ1) is 13.6. The lowest BCUT2D eigenvalue weighted by atomic mass is 10.1. The van der Waals surface area contributed by atoms with Gasteiger partial charge in [0.25, 0.3) is 11.8 Å². The first kappa shape index (κ1) is 19.2. The van der Waals surface area contributed by atoms with Gasteiger partial charge in [-0.05, 0) is 18.2 Å². The number of halogens is 1. The Balaban J connectivity index is 1.18. The molecule has 4 rings (SSSR count). The van der Waals surface area contributed by atoms with Gasteiger partial charge in [0.2, 0.25) is 0 Å². The van der Waals surface area contributed by atoms with E-state index in [-0.39, 0.29) is 18.4 Å². The Labute approximate surface area is 172 Å². The summed E-state index contributed by atoms with van der Waals surface area (Å²) in [7, 11) is 0. The highest BCUT2D eigenvalue weighted by Crippen LogP contribution is 2.20. The zero-order valence-electron chi connectivity index (χ0n) is 15.3. The summed E-state index contributed by atoms with van der Waals surface area (Å²) in [6.07, 6.45) is 1.66. The minimum Gasteiger partial charge on any atom is -0.484 e. The predicted octanol–water partition coefficient (Wildman–Crippen LogP) is 1.84. The van der Waals surface area contributed by atoms with E-state index in [1.807, 2.05) is 15.2 Å². The molecule has 2 amide bonds. The molecule has 0 aliphatic carbocycles. The second-order valence-electron chi connectivity index (χ2n) is 6.86. The van der Waals surface area contributed by atoms with Crippen LogP contribution in [0.4, 0.5) is 0 Å². The molecule has 2 saturated heterocycles. The van der Waals surface area contributed by atoms with Crippen molar-refractivity contribution >= 4 is 34.8 Å². The molecule has 1 aromatic carbocycles. The zero-order chi connectivity index (χ0) is 19.5. The number of thiazole rings is 1. The number of nitrogens with zero attached hydrogens (tertiary/aromatic N) is 4. The molecule has 2 aliphatic rings. The molecule has 0 saturated carbocycles. The molecule has 1 aromatic heterocycles. The van der Waals surface area contributed by atoms with Crippen molar-refractivity contribution in [2.75, 3.05) is 45.9 Å². The molecule has 0 unspecified atom stereocenters. The van der Waals surface area contributed by atoms with Crippen molar-refractivity contribution in [3.63, 3.8) is 0 Å². The topological polar surface area (TPSA) is 66.0 Å². The van der Waals surface area contributed by atoms with E-state index in [1.165, 1.54) is 11.3 Å². The number of rotatable bonds is 5. The number of aromatic nitrogens is 1. The smallest absolute Gasteiger partial charge is 0.282 e. The number of hydrogen-bond donors (Lipinski definition) is 0. The Hall–Kier alpha value is -2.16. The van der Waals surface area contributed by atoms with Crippen molar-refractivity contribution in [2.24, 2.45) is 0 Å². The van der Waals surface area contributed by atoms with Crippen LogP contribution in [0.25, 0.3) is 0 Å². The van der Waals surface area contributed by atoms with Crippen LogP contribution < -0.4 is 4.74 Å². The molecule has 2 fully saturated rings. The number of carbonyl (C=O) groups is 2. The third-order valence-corrected chi connectivity index (χ3v) is 6.10. The number of benzene rings is 1. The number of amides is 2. The summed E-state index contributed by atoms with van der Waals surface area (Å²) in [5.41, 5.74) is 0. The Morgan fingerprint density at radius 2 is 1.96 bits per heavy atom. The van der Waals surface area contributed by atoms with Crippen LogP contribution in [0.1, 0.15) is 9.80 Å². The maximum atomic E-state index is 12.4. The summed E-state index contributed by atoms with van der Waals surface area (Å²) in [6.45, 7) is 4.46. The Morgan fingerprint density at radius 1 is 1.18 bits per heavy atom. The lowest BCUT2D eigenvalue weighted by molar-refractivity contribution is -0.141. The fourth-order valence-corrected chi connectivity index (χ4v) is 4.22. The van der Waals surface area contributed by atoms with Gasteiger partial charge < -0.3 is 14.5 Å². The van der Waals surface area contributed by atoms with Crippen molar-refractivity contribution < 1.29 is 14.3 Å². The number of hydrogen-bond acceptors (Lipinski definition) is 6. The molecule has 2 aliphatic heterocycles. The fourth-order valence-electron chi connectivity index (χ4n) is 3.44. The average molecular weight is 421 g/mol. The number of piperazine rings is 1. The van der Waals surface area contributed by atoms with Crippen molar-refractivity contribution in [1.82, 2.24) is 19.7 Å². The fraction of sp³-hybridized carbons (Fsp3) is 0.421. The van der Waals surface area contributed by atoms with E-state index in [0.29, 0.717) is 48.0 Å². The molecule has 2 aromatic rings. The highest BCUT2D eigenvalue weighted by atomic mass is 35.5. The first-order valence-electron chi connectivity index (χ1n) is 9.19. The zero-order valence-corrected chi connectivity index (χ0v) is 16.9. The van der Waals surface area contributed by atoms with Crippen LogP contribution in [-0.4, -0.2) is 83.4 Å². The van der Waals surface area contributed by atoms with Crippen molar-refractivity contribution in [1.29, 1.82) is 0 Å². The van der Waals surface area contributed by atoms with Gasteiger partial charge >= 0.3 is 0 Å². The lowest BCUT2D eigenvalue weighted by Crippen LogP contribution is -2.65. The second-order valence-corrected chi connectivity index (χ2v) is 8.20. The van der Waals surface area contributed by atoms with Gasteiger partial charge in [0, 0.05) is 61.9 Å². The number of ether oxygens (including phenoxy) is 1. The van der Waals surface area contributed by atoms with Crippen LogP contribution in [-0.2, 0) is 4.79 Å². The molecule has 148 valence electrons. The molecule has 3 heterocycles. The molecule has 0 radical (unpaired) electrons. The summed E-state index contributed by atoms with van der Waals surface area (Å²) in [4.78, 5) is 34.7. The summed E-state index contributed by atoms with van der Waals surface area (Å²) in [5.74, 6) is 0.589. The predicted molar refractivity (Wildman–Crippen MR) is 107 cm³/mol. The minimum absolute atomic E-state index is 0.0122. The SMILES string of the molecule is O=C(COc1cccc(Cl)c1)N1CC(N2CCN(C(=O)c3nccs3)CC2)C1. The van der Waals surface area contributed by atoms with Gasteiger partial charge in [-0.3, -0.25) is 14.5 Å². The van der Waals surface area contributed by atoms with E-state index >= 15 is 0 Å². The van der Waals surface area contributed by atoms with E-state index in [9.17, 15) is 9.59 Å². The third kappa shape index (κ3) is 4.29. The third-order valence-electron chi connectivity index (χ3n) is 5.11. The van der Waals surface area contributed by atoms with Gasteiger partial charge in [-0.1, -0.05) is 17.7 Å². The summed E-state index contributed by atoms with van der Waals surface area (Å²) in [5, 5.41) is 2.95. The first-order valence-corrected chi connectivity index (χ1v) is 10.4. The van der Waals surface area contributed by atoms with Crippen LogP contribution in [0.2, 0.25) is 5.02 Å². The summed E-state index contributed by atoms with van der Waals surface area (Å²) in [6, 6.07) is 7.39. The maximum absolute atomic E-state index is 12.4. The molecular formula is C19H21ClN4O3S. The lowest BCUT2D eigenvalue weighted by Gasteiger charge is -2.48. The molecule has 28 heavy (non-hydrogen) atoms. The minimum atomic E-state index is -0.0196. The van der Waals surface area contributed by atoms with Crippen molar-refractivity contribution in [3.8, 4) is 5.75 Å². The summed E-state index contributed by atoms with van der Waals surface area (Å²) < 4.78 is 5.52. The molecular weight excluding hydrogens is 400 g/mol. The van der Waals surface area contributed by atoms with Crippen LogP contribution in [0.3, 0.4) is 0 Å². The molecule has 0 bridgehead atoms. The van der Waals surface area contributed by atoms with Crippen LogP contribution in [0, 0.1) is 0 Å². The maximum Gasteiger partial charge on any atom is 0.282 e. The molecule has 9 heteroatoms. The standard InChI is InChI=1S/C19H21ClN4O3S/c20-14-2-1-3-16(10-14)27-13-17(25)24-11-15(12-24)22-5-7-23(8-6-22)19(26)18-21-4-9-28-18/h1-4,9-10,15H,5-8,11-13H2. The van der Waals surface area contributed by atoms with E-state index in [1.54, 1.807) is 30.5 Å². The largest absolute Gasteiger partial charge is 0.484 e. The molecule has 0 spiro atoms. The van der Waals surface area contributed by atoms with Crippen LogP contribution in [0.5, 0.6) is 5.75 Å². The second kappa shape index (κ2) is 8.46. The van der Waals surface area contributed by atoms with Gasteiger partial charge in [0.1, 0.15) is 5.75 Å². The van der Waals surface area contributed by atoms with E-state index in [4.69, 9.17) is 16.3 Å². The van der Waals surface area contributed by atoms with Crippen LogP contribution >= 0.6 is 22.9 Å². The van der Waals surface area contributed by atoms with Crippen molar-refractivity contribution in [3.05, 3.63) is 45.9 Å². The molecule has 7 nitrogen and oxygen atoms in total.